The SMILES string of the molecule is NCCOCCOCCNC(=O)NCc1ccc2c(c1)CN(C1CCC(=O)NC1=O)C2=O. The van der Waals surface area contributed by atoms with E-state index in [2.05, 4.69) is 16.0 Å². The molecule has 2 heterocycles. The van der Waals surface area contributed by atoms with E-state index in [1.165, 1.54) is 4.90 Å². The summed E-state index contributed by atoms with van der Waals surface area (Å²) in [6.07, 6.45) is 0.539. The van der Waals surface area contributed by atoms with Gasteiger partial charge in [-0.15, -0.1) is 0 Å². The lowest BCUT2D eigenvalue weighted by Crippen LogP contribution is -2.52. The number of piperidine rings is 1. The number of carbonyl (C=O) groups is 4. The van der Waals surface area contributed by atoms with Gasteiger partial charge in [-0.1, -0.05) is 12.1 Å². The summed E-state index contributed by atoms with van der Waals surface area (Å²) >= 11 is 0. The van der Waals surface area contributed by atoms with E-state index in [1.54, 1.807) is 12.1 Å². The van der Waals surface area contributed by atoms with E-state index in [4.69, 9.17) is 15.2 Å². The summed E-state index contributed by atoms with van der Waals surface area (Å²) in [5, 5.41) is 7.75. The van der Waals surface area contributed by atoms with E-state index < -0.39 is 11.9 Å². The Kier molecular flexibility index (Phi) is 8.54. The van der Waals surface area contributed by atoms with Crippen molar-refractivity contribution in [2.24, 2.45) is 5.73 Å². The van der Waals surface area contributed by atoms with Gasteiger partial charge in [-0.05, 0) is 23.6 Å². The van der Waals surface area contributed by atoms with E-state index in [0.717, 1.165) is 11.1 Å². The highest BCUT2D eigenvalue weighted by Gasteiger charge is 2.39. The minimum Gasteiger partial charge on any atom is -0.378 e. The second kappa shape index (κ2) is 11.6. The summed E-state index contributed by atoms with van der Waals surface area (Å²) in [7, 11) is 0. The summed E-state index contributed by atoms with van der Waals surface area (Å²) in [6.45, 7) is 3.19. The van der Waals surface area contributed by atoms with E-state index in [-0.39, 0.29) is 24.3 Å². The summed E-state index contributed by atoms with van der Waals surface area (Å²) in [5.74, 6) is -0.974. The second-order valence-corrected chi connectivity index (χ2v) is 7.51. The third-order valence-corrected chi connectivity index (χ3v) is 5.21. The topological polar surface area (TPSA) is 152 Å². The van der Waals surface area contributed by atoms with E-state index in [9.17, 15) is 19.2 Å². The van der Waals surface area contributed by atoms with Gasteiger partial charge >= 0.3 is 6.03 Å². The first-order chi connectivity index (χ1) is 15.5. The van der Waals surface area contributed by atoms with Crippen molar-refractivity contribution in [2.45, 2.75) is 32.0 Å². The van der Waals surface area contributed by atoms with Crippen molar-refractivity contribution in [1.29, 1.82) is 0 Å². The van der Waals surface area contributed by atoms with Gasteiger partial charge in [0, 0.05) is 38.2 Å². The maximum Gasteiger partial charge on any atom is 0.315 e. The Labute approximate surface area is 186 Å². The van der Waals surface area contributed by atoms with Gasteiger partial charge in [0.05, 0.1) is 26.4 Å². The third kappa shape index (κ3) is 6.25. The molecule has 1 saturated heterocycles. The van der Waals surface area contributed by atoms with Crippen molar-refractivity contribution in [3.8, 4) is 0 Å². The van der Waals surface area contributed by atoms with Crippen LogP contribution in [-0.2, 0) is 32.2 Å². The molecule has 5 N–H and O–H groups in total. The van der Waals surface area contributed by atoms with Crippen LogP contribution in [-0.4, -0.2) is 74.2 Å². The molecule has 0 spiro atoms. The molecular weight excluding hydrogens is 418 g/mol. The molecule has 1 fully saturated rings. The Morgan fingerprint density at radius 2 is 1.91 bits per heavy atom. The first-order valence-electron chi connectivity index (χ1n) is 10.6. The number of nitrogens with one attached hydrogen (secondary N) is 3. The van der Waals surface area contributed by atoms with Gasteiger partial charge < -0.3 is 30.7 Å². The number of carbonyl (C=O) groups excluding carboxylic acids is 4. The summed E-state index contributed by atoms with van der Waals surface area (Å²) in [4.78, 5) is 49.6. The van der Waals surface area contributed by atoms with Crippen molar-refractivity contribution in [2.75, 3.05) is 39.5 Å². The smallest absolute Gasteiger partial charge is 0.315 e. The molecule has 0 aliphatic carbocycles. The summed E-state index contributed by atoms with van der Waals surface area (Å²) < 4.78 is 10.5. The van der Waals surface area contributed by atoms with Crippen LogP contribution in [0.3, 0.4) is 0 Å². The number of hydrogen-bond acceptors (Lipinski definition) is 7. The third-order valence-electron chi connectivity index (χ3n) is 5.21. The predicted molar refractivity (Wildman–Crippen MR) is 113 cm³/mol. The molecular formula is C21H29N5O6. The highest BCUT2D eigenvalue weighted by atomic mass is 16.5. The van der Waals surface area contributed by atoms with Gasteiger partial charge in [-0.3, -0.25) is 19.7 Å². The number of imide groups is 1. The van der Waals surface area contributed by atoms with Gasteiger partial charge in [0.2, 0.25) is 11.8 Å². The molecule has 1 atom stereocenters. The summed E-state index contributed by atoms with van der Waals surface area (Å²) in [5.41, 5.74) is 7.48. The number of nitrogens with two attached hydrogens (primary N) is 1. The van der Waals surface area contributed by atoms with E-state index >= 15 is 0 Å². The average Bonchev–Trinajstić information content (AvgIpc) is 3.09. The molecule has 11 nitrogen and oxygen atoms in total. The first-order valence-corrected chi connectivity index (χ1v) is 10.6. The van der Waals surface area contributed by atoms with Gasteiger partial charge in [0.15, 0.2) is 0 Å². The predicted octanol–water partition coefficient (Wildman–Crippen LogP) is -0.761. The van der Waals surface area contributed by atoms with Gasteiger partial charge in [-0.2, -0.15) is 0 Å². The molecule has 3 rings (SSSR count). The molecule has 2 aliphatic rings. The zero-order valence-corrected chi connectivity index (χ0v) is 17.9. The Morgan fingerprint density at radius 1 is 1.12 bits per heavy atom. The van der Waals surface area contributed by atoms with Gasteiger partial charge in [0.25, 0.3) is 5.91 Å². The number of benzene rings is 1. The number of rotatable bonds is 11. The molecule has 11 heteroatoms. The number of ether oxygens (including phenoxy) is 2. The Hall–Kier alpha value is -3.02. The number of nitrogens with zero attached hydrogens (tertiary/aromatic N) is 1. The molecule has 1 aromatic rings. The van der Waals surface area contributed by atoms with E-state index in [1.807, 2.05) is 6.07 Å². The Balaban J connectivity index is 1.41. The first kappa shape index (κ1) is 23.6. The zero-order valence-electron chi connectivity index (χ0n) is 17.9. The molecule has 0 saturated carbocycles. The molecule has 1 aromatic carbocycles. The molecule has 174 valence electrons. The van der Waals surface area contributed by atoms with Crippen LogP contribution in [0.4, 0.5) is 4.79 Å². The van der Waals surface area contributed by atoms with Crippen LogP contribution >= 0.6 is 0 Å². The van der Waals surface area contributed by atoms with Crippen LogP contribution in [0.25, 0.3) is 0 Å². The van der Waals surface area contributed by atoms with Crippen LogP contribution in [0.1, 0.15) is 34.3 Å². The Bertz CT molecular complexity index is 861. The summed E-state index contributed by atoms with van der Waals surface area (Å²) in [6, 6.07) is 4.36. The quantitative estimate of drug-likeness (QED) is 0.257. The molecule has 5 amide bonds. The van der Waals surface area contributed by atoms with Gasteiger partial charge in [0.1, 0.15) is 6.04 Å². The highest BCUT2D eigenvalue weighted by molar-refractivity contribution is 6.05. The number of fused-ring (bicyclic) bond motifs is 1. The lowest BCUT2D eigenvalue weighted by Gasteiger charge is -2.29. The number of amides is 5. The number of hydrogen-bond donors (Lipinski definition) is 4. The standard InChI is InChI=1S/C21H29N5O6/c22-5-7-31-9-10-32-8-6-23-21(30)24-12-14-1-2-16-15(11-14)13-26(20(16)29)17-3-4-18(27)25-19(17)28/h1-2,11,17H,3-10,12-13,22H2,(H2,23,24,30)(H,25,27,28). The fourth-order valence-electron chi connectivity index (χ4n) is 3.62. The second-order valence-electron chi connectivity index (χ2n) is 7.51. The minimum absolute atomic E-state index is 0.216. The van der Waals surface area contributed by atoms with Crippen LogP contribution in [0.15, 0.2) is 18.2 Å². The van der Waals surface area contributed by atoms with Crippen molar-refractivity contribution >= 4 is 23.8 Å². The molecule has 0 aromatic heterocycles. The molecule has 1 unspecified atom stereocenters. The van der Waals surface area contributed by atoms with Crippen LogP contribution in [0.5, 0.6) is 0 Å². The largest absolute Gasteiger partial charge is 0.378 e. The van der Waals surface area contributed by atoms with Crippen molar-refractivity contribution in [1.82, 2.24) is 20.9 Å². The average molecular weight is 447 g/mol. The maximum atomic E-state index is 12.7. The fourth-order valence-corrected chi connectivity index (χ4v) is 3.62. The van der Waals surface area contributed by atoms with Crippen molar-refractivity contribution in [3.05, 3.63) is 34.9 Å². The zero-order chi connectivity index (χ0) is 22.9. The fraction of sp³-hybridized carbons (Fsp3) is 0.524. The monoisotopic (exact) mass is 447 g/mol. The molecule has 0 radical (unpaired) electrons. The molecule has 0 bridgehead atoms. The number of urea groups is 1. The van der Waals surface area contributed by atoms with E-state index in [0.29, 0.717) is 64.6 Å². The van der Waals surface area contributed by atoms with Crippen molar-refractivity contribution < 1.29 is 28.7 Å². The lowest BCUT2D eigenvalue weighted by molar-refractivity contribution is -0.136. The van der Waals surface area contributed by atoms with Crippen LogP contribution < -0.4 is 21.7 Å². The van der Waals surface area contributed by atoms with Crippen LogP contribution in [0, 0.1) is 0 Å². The molecule has 2 aliphatic heterocycles. The highest BCUT2D eigenvalue weighted by Crippen LogP contribution is 2.28. The minimum atomic E-state index is -0.644. The normalized spacial score (nSPS) is 17.8. The van der Waals surface area contributed by atoms with Crippen LogP contribution in [0.2, 0.25) is 0 Å². The maximum absolute atomic E-state index is 12.7. The molecule has 32 heavy (non-hydrogen) atoms. The van der Waals surface area contributed by atoms with Gasteiger partial charge in [-0.25, -0.2) is 4.79 Å². The lowest BCUT2D eigenvalue weighted by atomic mass is 10.0. The van der Waals surface area contributed by atoms with Crippen molar-refractivity contribution in [3.63, 3.8) is 0 Å². The Morgan fingerprint density at radius 3 is 2.66 bits per heavy atom.